The molecule has 0 aromatic heterocycles. The highest BCUT2D eigenvalue weighted by atomic mass is 19.1. The van der Waals surface area contributed by atoms with Gasteiger partial charge in [-0.2, -0.15) is 0 Å². The van der Waals surface area contributed by atoms with Gasteiger partial charge in [-0.15, -0.1) is 0 Å². The van der Waals surface area contributed by atoms with E-state index in [2.05, 4.69) is 6.07 Å². The Hall–Kier alpha value is -2.00. The summed E-state index contributed by atoms with van der Waals surface area (Å²) in [7, 11) is 0. The van der Waals surface area contributed by atoms with Crippen LogP contribution in [0.25, 0.3) is 0 Å². The fourth-order valence-electron chi connectivity index (χ4n) is 2.70. The molecule has 1 aliphatic rings. The highest BCUT2D eigenvalue weighted by Gasteiger charge is 2.23. The van der Waals surface area contributed by atoms with Crippen LogP contribution < -0.4 is 0 Å². The minimum atomic E-state index is -0.342. The summed E-state index contributed by atoms with van der Waals surface area (Å²) < 4.78 is 19.3. The van der Waals surface area contributed by atoms with Gasteiger partial charge in [0.05, 0.1) is 12.7 Å². The zero-order valence-corrected chi connectivity index (χ0v) is 11.9. The van der Waals surface area contributed by atoms with E-state index in [0.29, 0.717) is 17.7 Å². The molecular weight excluding hydrogens is 267 g/mol. The third kappa shape index (κ3) is 2.88. The van der Waals surface area contributed by atoms with Gasteiger partial charge in [-0.3, -0.25) is 4.79 Å². The molecule has 3 rings (SSSR count). The van der Waals surface area contributed by atoms with Gasteiger partial charge in [0.1, 0.15) is 5.82 Å². The molecule has 0 N–H and O–H groups in total. The van der Waals surface area contributed by atoms with E-state index < -0.39 is 0 Å². The first-order chi connectivity index (χ1) is 10.1. The van der Waals surface area contributed by atoms with Crippen molar-refractivity contribution in [1.29, 1.82) is 0 Å². The number of ether oxygens (including phenoxy) is 1. The fraction of sp³-hybridized carbons (Fsp3) is 0.278. The van der Waals surface area contributed by atoms with Crippen LogP contribution in [-0.2, 0) is 11.2 Å². The second kappa shape index (κ2) is 5.78. The number of halogens is 1. The average molecular weight is 284 g/mol. The monoisotopic (exact) mass is 284 g/mol. The van der Waals surface area contributed by atoms with Crippen LogP contribution in [0.2, 0.25) is 0 Å². The number of benzene rings is 2. The number of ketones is 1. The van der Waals surface area contributed by atoms with Gasteiger partial charge in [0, 0.05) is 12.0 Å². The molecular formula is C18H17FO2. The smallest absolute Gasteiger partial charge is 0.165 e. The molecule has 0 bridgehead atoms. The maximum Gasteiger partial charge on any atom is 0.165 e. The summed E-state index contributed by atoms with van der Waals surface area (Å²) in [6.07, 6.45) is 0.895. The van der Waals surface area contributed by atoms with Crippen LogP contribution in [0, 0.1) is 12.7 Å². The van der Waals surface area contributed by atoms with Crippen molar-refractivity contribution >= 4 is 5.78 Å². The maximum atomic E-state index is 13.6. The molecule has 0 saturated heterocycles. The molecule has 2 aromatic rings. The highest BCUT2D eigenvalue weighted by molar-refractivity contribution is 5.96. The van der Waals surface area contributed by atoms with E-state index in [4.69, 9.17) is 4.74 Å². The summed E-state index contributed by atoms with van der Waals surface area (Å²) in [5, 5.41) is 0. The molecule has 0 fully saturated rings. The van der Waals surface area contributed by atoms with E-state index in [1.807, 2.05) is 18.2 Å². The fourth-order valence-corrected chi connectivity index (χ4v) is 2.70. The summed E-state index contributed by atoms with van der Waals surface area (Å²) in [6.45, 7) is 2.31. The van der Waals surface area contributed by atoms with Gasteiger partial charge in [-0.25, -0.2) is 4.39 Å². The summed E-state index contributed by atoms with van der Waals surface area (Å²) in [6, 6.07) is 12.7. The molecule has 2 nitrogen and oxygen atoms in total. The molecule has 3 heteroatoms. The molecule has 0 aliphatic carbocycles. The summed E-state index contributed by atoms with van der Waals surface area (Å²) in [5.41, 5.74) is 3.26. The van der Waals surface area contributed by atoms with Crippen molar-refractivity contribution in [2.75, 3.05) is 6.61 Å². The average Bonchev–Trinajstić information content (AvgIpc) is 2.50. The third-order valence-electron chi connectivity index (χ3n) is 3.96. The Morgan fingerprint density at radius 2 is 2.10 bits per heavy atom. The lowest BCUT2D eigenvalue weighted by molar-refractivity contribution is 0.0352. The van der Waals surface area contributed by atoms with E-state index >= 15 is 0 Å². The van der Waals surface area contributed by atoms with Crippen LogP contribution in [0.3, 0.4) is 0 Å². The minimum Gasteiger partial charge on any atom is -0.373 e. The molecule has 108 valence electrons. The normalized spacial score (nSPS) is 17.3. The molecule has 0 spiro atoms. The first-order valence-electron chi connectivity index (χ1n) is 7.14. The third-order valence-corrected chi connectivity index (χ3v) is 3.96. The highest BCUT2D eigenvalue weighted by Crippen LogP contribution is 2.30. The van der Waals surface area contributed by atoms with Crippen LogP contribution in [0.1, 0.15) is 39.6 Å². The Balaban J connectivity index is 1.81. The number of aryl methyl sites for hydroxylation is 1. The van der Waals surface area contributed by atoms with Crippen molar-refractivity contribution in [2.45, 2.75) is 25.9 Å². The van der Waals surface area contributed by atoms with E-state index in [1.54, 1.807) is 19.1 Å². The number of hydrogen-bond acceptors (Lipinski definition) is 2. The SMILES string of the molecule is Cc1ccc(C(=O)CC2OCCc3ccccc32)cc1F. The quantitative estimate of drug-likeness (QED) is 0.796. The number of carbonyl (C=O) groups is 1. The first kappa shape index (κ1) is 14.0. The van der Waals surface area contributed by atoms with Gasteiger partial charge >= 0.3 is 0 Å². The zero-order chi connectivity index (χ0) is 14.8. The minimum absolute atomic E-state index is 0.0874. The number of Topliss-reactive ketones (excluding diaryl/α,β-unsaturated/α-hetero) is 1. The second-order valence-corrected chi connectivity index (χ2v) is 5.40. The standard InChI is InChI=1S/C18H17FO2/c1-12-6-7-14(10-16(12)19)17(20)11-18-15-5-3-2-4-13(15)8-9-21-18/h2-7,10,18H,8-9,11H2,1H3. The van der Waals surface area contributed by atoms with Gasteiger partial charge < -0.3 is 4.74 Å². The van der Waals surface area contributed by atoms with Crippen LogP contribution in [0.15, 0.2) is 42.5 Å². The Morgan fingerprint density at radius 3 is 2.90 bits per heavy atom. The molecule has 2 aromatic carbocycles. The van der Waals surface area contributed by atoms with Crippen LogP contribution in [-0.4, -0.2) is 12.4 Å². The van der Waals surface area contributed by atoms with E-state index in [-0.39, 0.29) is 24.1 Å². The van der Waals surface area contributed by atoms with Gasteiger partial charge in [-0.1, -0.05) is 36.4 Å². The van der Waals surface area contributed by atoms with Crippen molar-refractivity contribution < 1.29 is 13.9 Å². The van der Waals surface area contributed by atoms with Crippen molar-refractivity contribution in [2.24, 2.45) is 0 Å². The Kier molecular flexibility index (Phi) is 3.84. The van der Waals surface area contributed by atoms with Gasteiger partial charge in [0.15, 0.2) is 5.78 Å². The van der Waals surface area contributed by atoms with Gasteiger partial charge in [0.25, 0.3) is 0 Å². The van der Waals surface area contributed by atoms with E-state index in [0.717, 1.165) is 12.0 Å². The largest absolute Gasteiger partial charge is 0.373 e. The Labute approximate surface area is 123 Å². The topological polar surface area (TPSA) is 26.3 Å². The molecule has 0 saturated carbocycles. The molecule has 0 radical (unpaired) electrons. The predicted octanol–water partition coefficient (Wildman–Crippen LogP) is 4.02. The Bertz CT molecular complexity index is 679. The van der Waals surface area contributed by atoms with Crippen LogP contribution in [0.5, 0.6) is 0 Å². The number of hydrogen-bond donors (Lipinski definition) is 0. The van der Waals surface area contributed by atoms with E-state index in [1.165, 1.54) is 11.6 Å². The number of fused-ring (bicyclic) bond motifs is 1. The predicted molar refractivity (Wildman–Crippen MR) is 78.9 cm³/mol. The molecule has 0 amide bonds. The molecule has 1 aliphatic heterocycles. The lowest BCUT2D eigenvalue weighted by atomic mass is 9.93. The summed E-state index contributed by atoms with van der Waals surface area (Å²) in [4.78, 5) is 12.3. The lowest BCUT2D eigenvalue weighted by Gasteiger charge is -2.25. The zero-order valence-electron chi connectivity index (χ0n) is 11.9. The summed E-state index contributed by atoms with van der Waals surface area (Å²) in [5.74, 6) is -0.429. The van der Waals surface area contributed by atoms with Gasteiger partial charge in [-0.05, 0) is 36.1 Å². The number of carbonyl (C=O) groups excluding carboxylic acids is 1. The van der Waals surface area contributed by atoms with E-state index in [9.17, 15) is 9.18 Å². The van der Waals surface area contributed by atoms with Crippen molar-refractivity contribution in [1.82, 2.24) is 0 Å². The van der Waals surface area contributed by atoms with Gasteiger partial charge in [0.2, 0.25) is 0 Å². The van der Waals surface area contributed by atoms with Crippen molar-refractivity contribution in [3.8, 4) is 0 Å². The molecule has 1 atom stereocenters. The van der Waals surface area contributed by atoms with Crippen LogP contribution >= 0.6 is 0 Å². The molecule has 1 heterocycles. The Morgan fingerprint density at radius 1 is 1.29 bits per heavy atom. The lowest BCUT2D eigenvalue weighted by Crippen LogP contribution is -2.19. The molecule has 1 unspecified atom stereocenters. The molecule has 21 heavy (non-hydrogen) atoms. The first-order valence-corrected chi connectivity index (χ1v) is 7.14. The van der Waals surface area contributed by atoms with Crippen molar-refractivity contribution in [3.63, 3.8) is 0 Å². The van der Waals surface area contributed by atoms with Crippen molar-refractivity contribution in [3.05, 3.63) is 70.5 Å². The van der Waals surface area contributed by atoms with Crippen LogP contribution in [0.4, 0.5) is 4.39 Å². The summed E-state index contributed by atoms with van der Waals surface area (Å²) >= 11 is 0. The maximum absolute atomic E-state index is 13.6. The number of rotatable bonds is 3. The second-order valence-electron chi connectivity index (χ2n) is 5.40.